The highest BCUT2D eigenvalue weighted by molar-refractivity contribution is 7.12. The van der Waals surface area contributed by atoms with Crippen LogP contribution in [0.3, 0.4) is 0 Å². The maximum Gasteiger partial charge on any atom is 0.261 e. The third-order valence-corrected chi connectivity index (χ3v) is 3.63. The van der Waals surface area contributed by atoms with Crippen LogP contribution in [0.15, 0.2) is 41.8 Å². The highest BCUT2D eigenvalue weighted by Gasteiger charge is 2.07. The predicted octanol–water partition coefficient (Wildman–Crippen LogP) is 2.44. The zero-order chi connectivity index (χ0) is 15.1. The van der Waals surface area contributed by atoms with Gasteiger partial charge in [0.25, 0.3) is 11.8 Å². The molecular weight excluding hydrogens is 291 g/mol. The van der Waals surface area contributed by atoms with Gasteiger partial charge in [-0.1, -0.05) is 12.1 Å². The third-order valence-electron chi connectivity index (χ3n) is 2.76. The molecule has 0 fully saturated rings. The van der Waals surface area contributed by atoms with Crippen LogP contribution < -0.4 is 10.6 Å². The van der Waals surface area contributed by atoms with Gasteiger partial charge in [-0.05, 0) is 36.1 Å². The van der Waals surface area contributed by atoms with Gasteiger partial charge in [0.1, 0.15) is 5.82 Å². The fourth-order valence-corrected chi connectivity index (χ4v) is 2.36. The maximum absolute atomic E-state index is 13.0. The summed E-state index contributed by atoms with van der Waals surface area (Å²) in [5, 5.41) is 7.29. The number of rotatable bonds is 6. The summed E-state index contributed by atoms with van der Waals surface area (Å²) in [6.07, 6.45) is 0.609. The van der Waals surface area contributed by atoms with Crippen molar-refractivity contribution in [1.82, 2.24) is 10.6 Å². The van der Waals surface area contributed by atoms with Gasteiger partial charge >= 0.3 is 0 Å². The van der Waals surface area contributed by atoms with E-state index in [2.05, 4.69) is 10.6 Å². The van der Waals surface area contributed by atoms with Gasteiger partial charge in [-0.15, -0.1) is 11.3 Å². The van der Waals surface area contributed by atoms with E-state index in [9.17, 15) is 14.0 Å². The molecule has 21 heavy (non-hydrogen) atoms. The predicted molar refractivity (Wildman–Crippen MR) is 80.0 cm³/mol. The Labute approximate surface area is 126 Å². The first-order chi connectivity index (χ1) is 10.2. The highest BCUT2D eigenvalue weighted by Crippen LogP contribution is 2.07. The normalized spacial score (nSPS) is 10.1. The Hall–Kier alpha value is -2.21. The highest BCUT2D eigenvalue weighted by atomic mass is 32.1. The summed E-state index contributed by atoms with van der Waals surface area (Å²) in [6.45, 7) is 0.889. The van der Waals surface area contributed by atoms with Crippen LogP contribution in [0.25, 0.3) is 0 Å². The van der Waals surface area contributed by atoms with Crippen LogP contribution in [0.1, 0.15) is 26.5 Å². The number of carbonyl (C=O) groups excluding carboxylic acids is 2. The minimum absolute atomic E-state index is 0.110. The summed E-state index contributed by atoms with van der Waals surface area (Å²) in [7, 11) is 0. The van der Waals surface area contributed by atoms with E-state index in [4.69, 9.17) is 0 Å². The van der Waals surface area contributed by atoms with E-state index in [1.54, 1.807) is 12.1 Å². The van der Waals surface area contributed by atoms with E-state index in [1.165, 1.54) is 29.5 Å². The second kappa shape index (κ2) is 7.54. The standard InChI is InChI=1S/C15H15FN2O2S/c16-12-5-1-4-11(10-12)14(19)17-7-3-8-18-15(20)13-6-2-9-21-13/h1-2,4-6,9-10H,3,7-8H2,(H,17,19)(H,18,20). The quantitative estimate of drug-likeness (QED) is 0.805. The van der Waals surface area contributed by atoms with Gasteiger partial charge in [0.15, 0.2) is 0 Å². The molecule has 110 valence electrons. The number of nitrogens with one attached hydrogen (secondary N) is 2. The second-order valence-electron chi connectivity index (χ2n) is 4.35. The lowest BCUT2D eigenvalue weighted by atomic mass is 10.2. The Morgan fingerprint density at radius 3 is 2.48 bits per heavy atom. The molecule has 2 N–H and O–H groups in total. The number of amides is 2. The first-order valence-electron chi connectivity index (χ1n) is 6.52. The minimum Gasteiger partial charge on any atom is -0.352 e. The molecule has 0 aliphatic rings. The topological polar surface area (TPSA) is 58.2 Å². The second-order valence-corrected chi connectivity index (χ2v) is 5.30. The average Bonchev–Trinajstić information content (AvgIpc) is 3.00. The van der Waals surface area contributed by atoms with Crippen molar-refractivity contribution in [2.45, 2.75) is 6.42 Å². The minimum atomic E-state index is -0.439. The van der Waals surface area contributed by atoms with E-state index in [0.29, 0.717) is 24.4 Å². The Kier molecular flexibility index (Phi) is 5.45. The van der Waals surface area contributed by atoms with Crippen LogP contribution in [-0.4, -0.2) is 24.9 Å². The van der Waals surface area contributed by atoms with Crippen molar-refractivity contribution in [1.29, 1.82) is 0 Å². The van der Waals surface area contributed by atoms with Crippen molar-refractivity contribution < 1.29 is 14.0 Å². The van der Waals surface area contributed by atoms with Gasteiger partial charge in [-0.25, -0.2) is 4.39 Å². The van der Waals surface area contributed by atoms with Crippen molar-refractivity contribution in [3.63, 3.8) is 0 Å². The van der Waals surface area contributed by atoms with E-state index in [-0.39, 0.29) is 17.4 Å². The smallest absolute Gasteiger partial charge is 0.261 e. The summed E-state index contributed by atoms with van der Waals surface area (Å²) in [5.41, 5.74) is 0.289. The molecule has 0 spiro atoms. The first-order valence-corrected chi connectivity index (χ1v) is 7.40. The fraction of sp³-hybridized carbons (Fsp3) is 0.200. The van der Waals surface area contributed by atoms with Crippen LogP contribution in [-0.2, 0) is 0 Å². The molecule has 0 aliphatic carbocycles. The lowest BCUT2D eigenvalue weighted by molar-refractivity contribution is 0.0952. The largest absolute Gasteiger partial charge is 0.352 e. The van der Waals surface area contributed by atoms with E-state index in [1.807, 2.05) is 11.4 Å². The molecule has 0 radical (unpaired) electrons. The van der Waals surface area contributed by atoms with Gasteiger partial charge in [0.2, 0.25) is 0 Å². The number of hydrogen-bond acceptors (Lipinski definition) is 3. The molecule has 2 aromatic rings. The maximum atomic E-state index is 13.0. The summed E-state index contributed by atoms with van der Waals surface area (Å²) in [4.78, 5) is 24.0. The number of thiophene rings is 1. The zero-order valence-corrected chi connectivity index (χ0v) is 12.1. The molecule has 0 atom stereocenters. The van der Waals surface area contributed by atoms with Gasteiger partial charge in [-0.3, -0.25) is 9.59 Å². The van der Waals surface area contributed by atoms with Crippen LogP contribution in [0.2, 0.25) is 0 Å². The molecule has 0 saturated heterocycles. The summed E-state index contributed by atoms with van der Waals surface area (Å²) in [5.74, 6) is -0.869. The molecule has 6 heteroatoms. The van der Waals surface area contributed by atoms with Crippen molar-refractivity contribution >= 4 is 23.2 Å². The summed E-state index contributed by atoms with van der Waals surface area (Å²) >= 11 is 1.38. The Balaban J connectivity index is 1.66. The number of halogens is 1. The number of carbonyl (C=O) groups is 2. The zero-order valence-electron chi connectivity index (χ0n) is 11.3. The number of benzene rings is 1. The Bertz CT molecular complexity index is 614. The van der Waals surface area contributed by atoms with Gasteiger partial charge < -0.3 is 10.6 Å². The average molecular weight is 306 g/mol. The molecule has 0 bridgehead atoms. The lowest BCUT2D eigenvalue weighted by Crippen LogP contribution is -2.29. The van der Waals surface area contributed by atoms with Crippen molar-refractivity contribution in [2.75, 3.05) is 13.1 Å². The van der Waals surface area contributed by atoms with E-state index >= 15 is 0 Å². The molecule has 0 saturated carbocycles. The first kappa shape index (κ1) is 15.2. The molecule has 1 aromatic heterocycles. The van der Waals surface area contributed by atoms with Gasteiger partial charge in [0, 0.05) is 18.7 Å². The van der Waals surface area contributed by atoms with Crippen LogP contribution in [0.5, 0.6) is 0 Å². The van der Waals surface area contributed by atoms with Crippen molar-refractivity contribution in [3.8, 4) is 0 Å². The summed E-state index contributed by atoms with van der Waals surface area (Å²) in [6, 6.07) is 9.10. The van der Waals surface area contributed by atoms with E-state index < -0.39 is 5.82 Å². The molecule has 2 rings (SSSR count). The fourth-order valence-electron chi connectivity index (χ4n) is 1.72. The van der Waals surface area contributed by atoms with Gasteiger partial charge in [0.05, 0.1) is 4.88 Å². The number of hydrogen-bond donors (Lipinski definition) is 2. The molecule has 0 aliphatic heterocycles. The molecule has 1 aromatic carbocycles. The lowest BCUT2D eigenvalue weighted by Gasteiger charge is -2.06. The molecular formula is C15H15FN2O2S. The van der Waals surface area contributed by atoms with Crippen LogP contribution in [0.4, 0.5) is 4.39 Å². The van der Waals surface area contributed by atoms with Crippen molar-refractivity contribution in [3.05, 3.63) is 58.0 Å². The third kappa shape index (κ3) is 4.68. The molecule has 1 heterocycles. The monoisotopic (exact) mass is 306 g/mol. The van der Waals surface area contributed by atoms with Crippen LogP contribution in [0, 0.1) is 5.82 Å². The molecule has 2 amide bonds. The molecule has 4 nitrogen and oxygen atoms in total. The van der Waals surface area contributed by atoms with Gasteiger partial charge in [-0.2, -0.15) is 0 Å². The SMILES string of the molecule is O=C(NCCCNC(=O)c1cccs1)c1cccc(F)c1. The van der Waals surface area contributed by atoms with Crippen LogP contribution >= 0.6 is 11.3 Å². The summed E-state index contributed by atoms with van der Waals surface area (Å²) < 4.78 is 13.0. The Morgan fingerprint density at radius 1 is 1.05 bits per heavy atom. The molecule has 0 unspecified atom stereocenters. The van der Waals surface area contributed by atoms with Crippen molar-refractivity contribution in [2.24, 2.45) is 0 Å². The Morgan fingerprint density at radius 2 is 1.81 bits per heavy atom. The van der Waals surface area contributed by atoms with E-state index in [0.717, 1.165) is 0 Å².